The molecule has 7 bridgehead atoms. The number of aliphatic hydroxyl groups is 2. The van der Waals surface area contributed by atoms with Crippen LogP contribution in [0, 0.1) is 34.5 Å². The number of piperidine rings is 1. The molecule has 1 aliphatic heterocycles. The zero-order valence-electron chi connectivity index (χ0n) is 20.5. The minimum Gasteiger partial charge on any atom is -0.386 e. The summed E-state index contributed by atoms with van der Waals surface area (Å²) < 4.78 is 24.1. The summed E-state index contributed by atoms with van der Waals surface area (Å²) in [7, 11) is 6.75. The van der Waals surface area contributed by atoms with E-state index in [0.29, 0.717) is 13.0 Å². The first-order chi connectivity index (χ1) is 15.8. The van der Waals surface area contributed by atoms with Gasteiger partial charge in [-0.25, -0.2) is 0 Å². The zero-order chi connectivity index (χ0) is 23.6. The van der Waals surface area contributed by atoms with E-state index in [0.717, 1.165) is 25.9 Å². The Morgan fingerprint density at radius 1 is 1.12 bits per heavy atom. The summed E-state index contributed by atoms with van der Waals surface area (Å²) in [5.74, 6) is -0.972. The van der Waals surface area contributed by atoms with Crippen LogP contribution in [-0.2, 0) is 23.7 Å². The van der Waals surface area contributed by atoms with Crippen LogP contribution in [0.4, 0.5) is 0 Å². The molecule has 2 N–H and O–H groups in total. The van der Waals surface area contributed by atoms with E-state index in [4.69, 9.17) is 18.9 Å². The van der Waals surface area contributed by atoms with Gasteiger partial charge in [-0.2, -0.15) is 0 Å². The van der Waals surface area contributed by atoms with Crippen molar-refractivity contribution in [2.45, 2.75) is 68.2 Å². The van der Waals surface area contributed by atoms with Gasteiger partial charge in [0.05, 0.1) is 36.9 Å². The Kier molecular flexibility index (Phi) is 4.84. The van der Waals surface area contributed by atoms with E-state index in [9.17, 15) is 15.0 Å². The monoisotopic (exact) mass is 465 g/mol. The van der Waals surface area contributed by atoms with Gasteiger partial charge in [-0.3, -0.25) is 9.69 Å². The Morgan fingerprint density at radius 3 is 2.48 bits per heavy atom. The van der Waals surface area contributed by atoms with Crippen LogP contribution in [0.15, 0.2) is 0 Å². The molecule has 186 valence electrons. The molecule has 6 rings (SSSR count). The second-order valence-corrected chi connectivity index (χ2v) is 11.7. The minimum atomic E-state index is -1.61. The number of rotatable bonds is 6. The van der Waals surface area contributed by atoms with Crippen molar-refractivity contribution in [2.24, 2.45) is 34.5 Å². The lowest BCUT2D eigenvalue weighted by Gasteiger charge is -2.69. The number of methoxy groups -OCH3 is 4. The standard InChI is InChI=1S/C25H39NO7/c1-6-26-11-22(12-30-2)8-7-16(32-4)24-14-9-13-15(31-3)10-23(28,17(14)18(13)27)25(29,21(24)26)20(33-5)19(22)24/h13-17,19-21,28-29H,6-12H2,1-5H3/t13-,14+,15-,16-,17+,19+,20-,21-,22-,23+,24-,25-/m0/s1. The molecule has 6 fully saturated rings. The van der Waals surface area contributed by atoms with Crippen LogP contribution < -0.4 is 0 Å². The lowest BCUT2D eigenvalue weighted by molar-refractivity contribution is -0.301. The van der Waals surface area contributed by atoms with Crippen molar-refractivity contribution in [2.75, 3.05) is 48.1 Å². The number of carbonyl (C=O) groups excluding carboxylic acids is 1. The second kappa shape index (κ2) is 6.99. The van der Waals surface area contributed by atoms with E-state index in [-0.39, 0.29) is 47.5 Å². The maximum atomic E-state index is 13.8. The highest BCUT2D eigenvalue weighted by molar-refractivity contribution is 5.90. The molecule has 5 aliphatic carbocycles. The van der Waals surface area contributed by atoms with Crippen molar-refractivity contribution in [3.8, 4) is 0 Å². The first kappa shape index (κ1) is 22.8. The van der Waals surface area contributed by atoms with Gasteiger partial charge in [0.2, 0.25) is 0 Å². The van der Waals surface area contributed by atoms with E-state index >= 15 is 0 Å². The molecule has 8 heteroatoms. The van der Waals surface area contributed by atoms with Gasteiger partial charge in [0, 0.05) is 64.1 Å². The predicted octanol–water partition coefficient (Wildman–Crippen LogP) is 0.479. The van der Waals surface area contributed by atoms with Gasteiger partial charge in [0.25, 0.3) is 0 Å². The molecule has 1 heterocycles. The molecule has 8 nitrogen and oxygen atoms in total. The van der Waals surface area contributed by atoms with Crippen LogP contribution in [0.2, 0.25) is 0 Å². The number of likely N-dealkylation sites (tertiary alicyclic amines) is 1. The van der Waals surface area contributed by atoms with E-state index in [1.54, 1.807) is 28.4 Å². The largest absolute Gasteiger partial charge is 0.386 e. The Hall–Kier alpha value is -0.610. The van der Waals surface area contributed by atoms with E-state index < -0.39 is 34.7 Å². The highest BCUT2D eigenvalue weighted by Crippen LogP contribution is 2.79. The Labute approximate surface area is 195 Å². The minimum absolute atomic E-state index is 0.0498. The Balaban J connectivity index is 1.68. The Morgan fingerprint density at radius 2 is 1.88 bits per heavy atom. The molecular formula is C25H39NO7. The summed E-state index contributed by atoms with van der Waals surface area (Å²) in [6.07, 6.45) is 1.53. The molecule has 12 atom stereocenters. The van der Waals surface area contributed by atoms with E-state index in [1.807, 2.05) is 0 Å². The number of fused-ring (bicyclic) bond motifs is 2. The topological polar surface area (TPSA) is 97.7 Å². The van der Waals surface area contributed by atoms with Crippen LogP contribution >= 0.6 is 0 Å². The van der Waals surface area contributed by atoms with Crippen LogP contribution in [0.5, 0.6) is 0 Å². The SMILES string of the molecule is CCN1C[C@]2(COC)CC[C@H](OC)[C@@]34[C@@H]5C[C@@H]6C(=O)[C@@H]5[C@](O)(C[C@@H]6OC)[C@](O)([C@@H](OC)[C@H]23)[C@@H]14. The van der Waals surface area contributed by atoms with Crippen LogP contribution in [0.1, 0.15) is 32.6 Å². The smallest absolute Gasteiger partial charge is 0.144 e. The summed E-state index contributed by atoms with van der Waals surface area (Å²) in [5, 5.41) is 25.4. The van der Waals surface area contributed by atoms with Gasteiger partial charge >= 0.3 is 0 Å². The number of carbonyl (C=O) groups is 1. The van der Waals surface area contributed by atoms with Crippen molar-refractivity contribution >= 4 is 5.78 Å². The summed E-state index contributed by atoms with van der Waals surface area (Å²) in [6, 6.07) is -0.353. The quantitative estimate of drug-likeness (QED) is 0.585. The zero-order valence-corrected chi connectivity index (χ0v) is 20.5. The summed E-state index contributed by atoms with van der Waals surface area (Å²) in [5.41, 5.74) is -3.95. The predicted molar refractivity (Wildman–Crippen MR) is 118 cm³/mol. The van der Waals surface area contributed by atoms with Gasteiger partial charge < -0.3 is 29.2 Å². The molecular weight excluding hydrogens is 426 g/mol. The maximum Gasteiger partial charge on any atom is 0.144 e. The molecule has 33 heavy (non-hydrogen) atoms. The molecule has 0 radical (unpaired) electrons. The fourth-order valence-corrected chi connectivity index (χ4v) is 10.7. The summed E-state index contributed by atoms with van der Waals surface area (Å²) in [6.45, 7) is 4.19. The van der Waals surface area contributed by atoms with Crippen LogP contribution in [-0.4, -0.2) is 105 Å². The van der Waals surface area contributed by atoms with Crippen molar-refractivity contribution in [3.05, 3.63) is 0 Å². The van der Waals surface area contributed by atoms with Crippen LogP contribution in [0.3, 0.4) is 0 Å². The van der Waals surface area contributed by atoms with E-state index in [1.165, 1.54) is 0 Å². The highest BCUT2D eigenvalue weighted by atomic mass is 16.5. The van der Waals surface area contributed by atoms with Crippen LogP contribution in [0.25, 0.3) is 0 Å². The molecule has 1 spiro atoms. The van der Waals surface area contributed by atoms with Gasteiger partial charge in [0.15, 0.2) is 0 Å². The highest BCUT2D eigenvalue weighted by Gasteiger charge is 2.91. The van der Waals surface area contributed by atoms with Gasteiger partial charge in [-0.05, 0) is 31.7 Å². The molecule has 0 amide bonds. The molecule has 6 aliphatic rings. The van der Waals surface area contributed by atoms with Gasteiger partial charge in [-0.1, -0.05) is 6.92 Å². The van der Waals surface area contributed by atoms with E-state index in [2.05, 4.69) is 11.8 Å². The number of likely N-dealkylation sites (N-methyl/N-ethyl adjacent to an activating group) is 1. The third-order valence-electron chi connectivity index (χ3n) is 11.2. The van der Waals surface area contributed by atoms with Crippen molar-refractivity contribution in [1.29, 1.82) is 0 Å². The fourth-order valence-electron chi connectivity index (χ4n) is 10.7. The van der Waals surface area contributed by atoms with Crippen molar-refractivity contribution < 1.29 is 34.0 Å². The lowest BCUT2D eigenvalue weighted by Crippen LogP contribution is -2.81. The van der Waals surface area contributed by atoms with Gasteiger partial charge in [-0.15, -0.1) is 0 Å². The molecule has 1 saturated heterocycles. The lowest BCUT2D eigenvalue weighted by atomic mass is 9.42. The molecule has 0 aromatic heterocycles. The van der Waals surface area contributed by atoms with Crippen molar-refractivity contribution in [3.63, 3.8) is 0 Å². The first-order valence-electron chi connectivity index (χ1n) is 12.6. The third kappa shape index (κ3) is 2.15. The molecule has 5 saturated carbocycles. The average Bonchev–Trinajstić information content (AvgIpc) is 3.16. The summed E-state index contributed by atoms with van der Waals surface area (Å²) in [4.78, 5) is 16.1. The molecule has 0 aromatic rings. The number of Topliss-reactive ketones (excluding diaryl/α,β-unsaturated/α-hetero) is 1. The fraction of sp³-hybridized carbons (Fsp3) is 0.960. The van der Waals surface area contributed by atoms with Crippen molar-refractivity contribution in [1.82, 2.24) is 4.90 Å². The number of hydrogen-bond acceptors (Lipinski definition) is 8. The summed E-state index contributed by atoms with van der Waals surface area (Å²) >= 11 is 0. The van der Waals surface area contributed by atoms with Gasteiger partial charge in [0.1, 0.15) is 17.0 Å². The number of hydrogen-bond donors (Lipinski definition) is 2. The first-order valence-corrected chi connectivity index (χ1v) is 12.6. The average molecular weight is 466 g/mol. The molecule has 0 aromatic carbocycles. The Bertz CT molecular complexity index is 855. The third-order valence-corrected chi connectivity index (χ3v) is 11.2. The second-order valence-electron chi connectivity index (χ2n) is 11.7. The molecule has 0 unspecified atom stereocenters. The number of ether oxygens (including phenoxy) is 4. The number of ketones is 1. The normalized spacial score (nSPS) is 58.7. The number of nitrogens with zero attached hydrogens (tertiary/aromatic N) is 1. The maximum absolute atomic E-state index is 13.8.